The van der Waals surface area contributed by atoms with E-state index in [0.29, 0.717) is 25.9 Å². The Morgan fingerprint density at radius 1 is 1.25 bits per heavy atom. The van der Waals surface area contributed by atoms with Crippen molar-refractivity contribution in [3.05, 3.63) is 47.2 Å². The van der Waals surface area contributed by atoms with Crippen LogP contribution in [0.25, 0.3) is 0 Å². The molecule has 0 unspecified atom stereocenters. The van der Waals surface area contributed by atoms with Gasteiger partial charge in [0.25, 0.3) is 5.91 Å². The van der Waals surface area contributed by atoms with Crippen LogP contribution < -0.4 is 5.73 Å². The summed E-state index contributed by atoms with van der Waals surface area (Å²) in [5.74, 6) is -0.281. The zero-order valence-corrected chi connectivity index (χ0v) is 12.7. The van der Waals surface area contributed by atoms with Crippen molar-refractivity contribution in [2.45, 2.75) is 24.9 Å². The third kappa shape index (κ3) is 3.22. The molecule has 2 heterocycles. The highest BCUT2D eigenvalue weighted by Gasteiger charge is 2.36. The van der Waals surface area contributed by atoms with Crippen molar-refractivity contribution >= 4 is 11.8 Å². The number of carbonyl (C=O) groups excluding carboxylic acids is 1. The van der Waals surface area contributed by atoms with E-state index in [1.165, 1.54) is 23.1 Å². The van der Waals surface area contributed by atoms with E-state index in [2.05, 4.69) is 5.16 Å². The predicted octanol–water partition coefficient (Wildman–Crippen LogP) is 3.30. The zero-order chi connectivity index (χ0) is 17.3. The molecule has 2 N–H and O–H groups in total. The Kier molecular flexibility index (Phi) is 4.21. The van der Waals surface area contributed by atoms with Crippen molar-refractivity contribution in [2.24, 2.45) is 0 Å². The molecule has 1 fully saturated rings. The van der Waals surface area contributed by atoms with Gasteiger partial charge in [-0.25, -0.2) is 0 Å². The standard InChI is InChI=1S/C16H16F3N3O2/c17-16(18,19)12-4-2-1-3-11(12)15(23)22-7-5-10(6-8-22)13-9-14(20)24-21-13/h1-4,9-10H,5-8,20H2. The number of hydrogen-bond acceptors (Lipinski definition) is 4. The normalized spacial score (nSPS) is 16.4. The van der Waals surface area contributed by atoms with E-state index in [1.54, 1.807) is 6.07 Å². The molecule has 1 saturated heterocycles. The number of hydrogen-bond donors (Lipinski definition) is 1. The van der Waals surface area contributed by atoms with Gasteiger partial charge in [0.15, 0.2) is 0 Å². The molecule has 1 aliphatic rings. The third-order valence-corrected chi connectivity index (χ3v) is 4.21. The molecule has 0 saturated carbocycles. The topological polar surface area (TPSA) is 72.4 Å². The van der Waals surface area contributed by atoms with Crippen LogP contribution in [0.3, 0.4) is 0 Å². The first kappa shape index (κ1) is 16.4. The van der Waals surface area contributed by atoms with Crippen molar-refractivity contribution in [1.29, 1.82) is 0 Å². The number of carbonyl (C=O) groups is 1. The lowest BCUT2D eigenvalue weighted by Gasteiger charge is -2.31. The van der Waals surface area contributed by atoms with Gasteiger partial charge in [-0.1, -0.05) is 17.3 Å². The van der Waals surface area contributed by atoms with Crippen LogP contribution in [0.2, 0.25) is 0 Å². The summed E-state index contributed by atoms with van der Waals surface area (Å²) in [7, 11) is 0. The molecular formula is C16H16F3N3O2. The van der Waals surface area contributed by atoms with Crippen LogP contribution in [0, 0.1) is 0 Å². The number of nitrogen functional groups attached to an aromatic ring is 1. The van der Waals surface area contributed by atoms with Gasteiger partial charge >= 0.3 is 6.18 Å². The molecule has 1 aromatic heterocycles. The monoisotopic (exact) mass is 339 g/mol. The third-order valence-electron chi connectivity index (χ3n) is 4.21. The number of nitrogens with two attached hydrogens (primary N) is 1. The summed E-state index contributed by atoms with van der Waals surface area (Å²) < 4.78 is 44.0. The largest absolute Gasteiger partial charge is 0.417 e. The maximum Gasteiger partial charge on any atom is 0.417 e. The molecule has 0 bridgehead atoms. The van der Waals surface area contributed by atoms with Crippen LogP contribution in [-0.2, 0) is 6.18 Å². The number of benzene rings is 1. The van der Waals surface area contributed by atoms with Gasteiger partial charge in [0.1, 0.15) is 0 Å². The number of likely N-dealkylation sites (tertiary alicyclic amines) is 1. The summed E-state index contributed by atoms with van der Waals surface area (Å²) in [5.41, 5.74) is 5.00. The maximum absolute atomic E-state index is 13.1. The highest BCUT2D eigenvalue weighted by Crippen LogP contribution is 2.34. The fourth-order valence-electron chi connectivity index (χ4n) is 2.96. The minimum absolute atomic E-state index is 0.0907. The van der Waals surface area contributed by atoms with Gasteiger partial charge in [0.2, 0.25) is 5.88 Å². The summed E-state index contributed by atoms with van der Waals surface area (Å²) >= 11 is 0. The minimum Gasteiger partial charge on any atom is -0.368 e. The molecule has 5 nitrogen and oxygen atoms in total. The van der Waals surface area contributed by atoms with E-state index in [1.807, 2.05) is 0 Å². The number of rotatable bonds is 2. The van der Waals surface area contributed by atoms with E-state index in [-0.39, 0.29) is 17.4 Å². The van der Waals surface area contributed by atoms with Crippen LogP contribution in [0.1, 0.15) is 40.4 Å². The summed E-state index contributed by atoms with van der Waals surface area (Å²) in [6, 6.07) is 6.50. The lowest BCUT2D eigenvalue weighted by molar-refractivity contribution is -0.138. The Hall–Kier alpha value is -2.51. The quantitative estimate of drug-likeness (QED) is 0.911. The highest BCUT2D eigenvalue weighted by atomic mass is 19.4. The molecule has 1 aliphatic heterocycles. The molecule has 0 spiro atoms. The van der Waals surface area contributed by atoms with E-state index in [4.69, 9.17) is 10.3 Å². The van der Waals surface area contributed by atoms with Crippen molar-refractivity contribution < 1.29 is 22.5 Å². The van der Waals surface area contributed by atoms with Gasteiger partial charge in [-0.2, -0.15) is 13.2 Å². The minimum atomic E-state index is -4.55. The van der Waals surface area contributed by atoms with E-state index in [0.717, 1.165) is 11.8 Å². The number of alkyl halides is 3. The van der Waals surface area contributed by atoms with Crippen LogP contribution >= 0.6 is 0 Å². The van der Waals surface area contributed by atoms with Crippen molar-refractivity contribution in [3.8, 4) is 0 Å². The van der Waals surface area contributed by atoms with Gasteiger partial charge in [-0.3, -0.25) is 4.79 Å². The fraction of sp³-hybridized carbons (Fsp3) is 0.375. The molecule has 0 aliphatic carbocycles. The molecule has 0 atom stereocenters. The molecule has 3 rings (SSSR count). The van der Waals surface area contributed by atoms with Crippen molar-refractivity contribution in [2.75, 3.05) is 18.8 Å². The summed E-state index contributed by atoms with van der Waals surface area (Å²) in [6.07, 6.45) is -3.35. The van der Waals surface area contributed by atoms with E-state index >= 15 is 0 Å². The second kappa shape index (κ2) is 6.18. The van der Waals surface area contributed by atoms with Crippen molar-refractivity contribution in [3.63, 3.8) is 0 Å². The van der Waals surface area contributed by atoms with Crippen LogP contribution in [-0.4, -0.2) is 29.1 Å². The first-order valence-corrected chi connectivity index (χ1v) is 7.54. The number of anilines is 1. The molecule has 2 aromatic rings. The highest BCUT2D eigenvalue weighted by molar-refractivity contribution is 5.96. The average Bonchev–Trinajstić information content (AvgIpc) is 3.00. The smallest absolute Gasteiger partial charge is 0.368 e. The zero-order valence-electron chi connectivity index (χ0n) is 12.7. The second-order valence-corrected chi connectivity index (χ2v) is 5.76. The second-order valence-electron chi connectivity index (χ2n) is 5.76. The Balaban J connectivity index is 1.72. The van der Waals surface area contributed by atoms with Gasteiger partial charge < -0.3 is 15.2 Å². The Morgan fingerprint density at radius 3 is 2.50 bits per heavy atom. The summed E-state index contributed by atoms with van der Waals surface area (Å²) in [5, 5.41) is 3.86. The Bertz CT molecular complexity index is 734. The lowest BCUT2D eigenvalue weighted by atomic mass is 9.93. The maximum atomic E-state index is 13.1. The molecule has 1 aromatic carbocycles. The van der Waals surface area contributed by atoms with Crippen molar-refractivity contribution in [1.82, 2.24) is 10.1 Å². The molecule has 128 valence electrons. The van der Waals surface area contributed by atoms with Gasteiger partial charge in [-0.05, 0) is 25.0 Å². The number of nitrogens with zero attached hydrogens (tertiary/aromatic N) is 2. The molecule has 0 radical (unpaired) electrons. The Labute approximate surface area is 136 Å². The van der Waals surface area contributed by atoms with Crippen LogP contribution in [0.5, 0.6) is 0 Å². The van der Waals surface area contributed by atoms with Crippen LogP contribution in [0.15, 0.2) is 34.9 Å². The van der Waals surface area contributed by atoms with Gasteiger partial charge in [-0.15, -0.1) is 0 Å². The number of aromatic nitrogens is 1. The van der Waals surface area contributed by atoms with E-state index in [9.17, 15) is 18.0 Å². The average molecular weight is 339 g/mol. The fourth-order valence-corrected chi connectivity index (χ4v) is 2.96. The number of amides is 1. The summed E-state index contributed by atoms with van der Waals surface area (Å²) in [6.45, 7) is 0.727. The van der Waals surface area contributed by atoms with E-state index < -0.39 is 17.6 Å². The summed E-state index contributed by atoms with van der Waals surface area (Å²) in [4.78, 5) is 13.9. The SMILES string of the molecule is Nc1cc(C2CCN(C(=O)c3ccccc3C(F)(F)F)CC2)no1. The molecular weight excluding hydrogens is 323 g/mol. The van der Waals surface area contributed by atoms with Gasteiger partial charge in [0, 0.05) is 25.1 Å². The molecule has 8 heteroatoms. The number of halogens is 3. The van der Waals surface area contributed by atoms with Gasteiger partial charge in [0.05, 0.1) is 16.8 Å². The molecule has 1 amide bonds. The first-order chi connectivity index (χ1) is 11.4. The first-order valence-electron chi connectivity index (χ1n) is 7.54. The molecule has 24 heavy (non-hydrogen) atoms. The number of piperidine rings is 1. The van der Waals surface area contributed by atoms with Crippen LogP contribution in [0.4, 0.5) is 19.1 Å². The lowest BCUT2D eigenvalue weighted by Crippen LogP contribution is -2.38. The Morgan fingerprint density at radius 2 is 1.92 bits per heavy atom. The predicted molar refractivity (Wildman–Crippen MR) is 80.2 cm³/mol.